The fourth-order valence-electron chi connectivity index (χ4n) is 2.99. The summed E-state index contributed by atoms with van der Waals surface area (Å²) in [6.45, 7) is 12.1. The molecule has 7 nitrogen and oxygen atoms in total. The molecule has 30 heavy (non-hydrogen) atoms. The fourth-order valence-corrected chi connectivity index (χ4v) is 2.99. The molecular formula is C23H29N5O2. The van der Waals surface area contributed by atoms with Gasteiger partial charge < -0.3 is 5.32 Å². The van der Waals surface area contributed by atoms with E-state index in [1.807, 2.05) is 61.9 Å². The zero-order valence-corrected chi connectivity index (χ0v) is 18.4. The van der Waals surface area contributed by atoms with Gasteiger partial charge in [0.25, 0.3) is 5.56 Å². The lowest BCUT2D eigenvalue weighted by molar-refractivity contribution is -0.117. The minimum Gasteiger partial charge on any atom is -0.309 e. The van der Waals surface area contributed by atoms with E-state index in [4.69, 9.17) is 5.10 Å². The first-order chi connectivity index (χ1) is 13.9. The Hall–Kier alpha value is -3.22. The predicted molar refractivity (Wildman–Crippen MR) is 118 cm³/mol. The van der Waals surface area contributed by atoms with E-state index in [1.54, 1.807) is 6.07 Å². The van der Waals surface area contributed by atoms with Gasteiger partial charge in [0.15, 0.2) is 0 Å². The molecule has 7 heteroatoms. The van der Waals surface area contributed by atoms with Crippen molar-refractivity contribution in [2.45, 2.75) is 59.0 Å². The van der Waals surface area contributed by atoms with E-state index >= 15 is 0 Å². The maximum Gasteiger partial charge on any atom is 0.267 e. The highest BCUT2D eigenvalue weighted by molar-refractivity contribution is 5.89. The third-order valence-electron chi connectivity index (χ3n) is 4.61. The van der Waals surface area contributed by atoms with Crippen LogP contribution in [0.25, 0.3) is 11.3 Å². The topological polar surface area (TPSA) is 81.8 Å². The highest BCUT2D eigenvalue weighted by Crippen LogP contribution is 2.28. The van der Waals surface area contributed by atoms with E-state index in [1.165, 1.54) is 10.7 Å². The molecule has 158 valence electrons. The van der Waals surface area contributed by atoms with Gasteiger partial charge in [-0.2, -0.15) is 10.2 Å². The SMILES string of the molecule is CC(C)(C)c1cc(NC(=O)Cn2nc(-c3ccccc3)ccc2=O)n(C(C)(C)C)n1. The standard InChI is InChI=1S/C23H29N5O2/c1-22(2,3)18-14-19(28(26-18)23(4,5)6)24-20(29)15-27-21(30)13-12-17(25-27)16-10-8-7-9-11-16/h7-14H,15H2,1-6H3,(H,24,29). The largest absolute Gasteiger partial charge is 0.309 e. The number of nitrogens with zero attached hydrogens (tertiary/aromatic N) is 4. The van der Waals surface area contributed by atoms with Crippen molar-refractivity contribution in [2.24, 2.45) is 0 Å². The Kier molecular flexibility index (Phi) is 5.65. The lowest BCUT2D eigenvalue weighted by Gasteiger charge is -2.23. The lowest BCUT2D eigenvalue weighted by atomic mass is 9.92. The summed E-state index contributed by atoms with van der Waals surface area (Å²) in [6, 6.07) is 14.5. The van der Waals surface area contributed by atoms with E-state index in [0.717, 1.165) is 11.3 Å². The van der Waals surface area contributed by atoms with Crippen LogP contribution < -0.4 is 10.9 Å². The molecule has 2 aromatic heterocycles. The number of rotatable bonds is 4. The maximum absolute atomic E-state index is 12.8. The fraction of sp³-hybridized carbons (Fsp3) is 0.391. The summed E-state index contributed by atoms with van der Waals surface area (Å²) in [6.07, 6.45) is 0. The van der Waals surface area contributed by atoms with Crippen LogP contribution in [0.1, 0.15) is 47.2 Å². The number of hydrogen-bond acceptors (Lipinski definition) is 4. The first-order valence-electron chi connectivity index (χ1n) is 9.99. The molecule has 1 aromatic carbocycles. The van der Waals surface area contributed by atoms with Crippen LogP contribution >= 0.6 is 0 Å². The third kappa shape index (κ3) is 4.84. The monoisotopic (exact) mass is 407 g/mol. The van der Waals surface area contributed by atoms with E-state index in [-0.39, 0.29) is 29.0 Å². The van der Waals surface area contributed by atoms with Crippen molar-refractivity contribution in [3.8, 4) is 11.3 Å². The number of carbonyl (C=O) groups excluding carboxylic acids is 1. The van der Waals surface area contributed by atoms with E-state index in [0.29, 0.717) is 11.5 Å². The molecule has 0 unspecified atom stereocenters. The zero-order chi connectivity index (χ0) is 22.1. The molecule has 1 N–H and O–H groups in total. The second-order valence-corrected chi connectivity index (χ2v) is 9.38. The van der Waals surface area contributed by atoms with Crippen LogP contribution in [-0.4, -0.2) is 25.5 Å². The summed E-state index contributed by atoms with van der Waals surface area (Å²) < 4.78 is 2.99. The van der Waals surface area contributed by atoms with Gasteiger partial charge >= 0.3 is 0 Å². The highest BCUT2D eigenvalue weighted by Gasteiger charge is 2.26. The lowest BCUT2D eigenvalue weighted by Crippen LogP contribution is -2.31. The van der Waals surface area contributed by atoms with Crippen LogP contribution in [0.2, 0.25) is 0 Å². The first kappa shape index (κ1) is 21.5. The van der Waals surface area contributed by atoms with Gasteiger partial charge in [-0.15, -0.1) is 0 Å². The maximum atomic E-state index is 12.8. The molecule has 0 aliphatic heterocycles. The average Bonchev–Trinajstić information content (AvgIpc) is 3.09. The third-order valence-corrected chi connectivity index (χ3v) is 4.61. The van der Waals surface area contributed by atoms with Crippen molar-refractivity contribution < 1.29 is 4.79 Å². The Balaban J connectivity index is 1.86. The zero-order valence-electron chi connectivity index (χ0n) is 18.4. The van der Waals surface area contributed by atoms with E-state index in [9.17, 15) is 9.59 Å². The van der Waals surface area contributed by atoms with Gasteiger partial charge in [-0.1, -0.05) is 51.1 Å². The minimum absolute atomic E-state index is 0.154. The summed E-state index contributed by atoms with van der Waals surface area (Å²) in [7, 11) is 0. The van der Waals surface area contributed by atoms with Crippen LogP contribution in [0.4, 0.5) is 5.82 Å². The molecule has 0 aliphatic rings. The Morgan fingerprint density at radius 2 is 1.63 bits per heavy atom. The number of carbonyl (C=O) groups is 1. The molecular weight excluding hydrogens is 378 g/mol. The van der Waals surface area contributed by atoms with E-state index < -0.39 is 0 Å². The van der Waals surface area contributed by atoms with Crippen molar-refractivity contribution in [3.63, 3.8) is 0 Å². The quantitative estimate of drug-likeness (QED) is 0.713. The van der Waals surface area contributed by atoms with Crippen LogP contribution in [0, 0.1) is 0 Å². The van der Waals surface area contributed by atoms with Crippen molar-refractivity contribution in [2.75, 3.05) is 5.32 Å². The first-order valence-corrected chi connectivity index (χ1v) is 9.99. The molecule has 3 aromatic rings. The Labute approximate surface area is 176 Å². The van der Waals surface area contributed by atoms with Gasteiger partial charge in [0.2, 0.25) is 5.91 Å². The van der Waals surface area contributed by atoms with Crippen molar-refractivity contribution in [1.82, 2.24) is 19.6 Å². The van der Waals surface area contributed by atoms with Crippen molar-refractivity contribution >= 4 is 11.7 Å². The molecule has 0 radical (unpaired) electrons. The molecule has 0 aliphatic carbocycles. The molecule has 0 fully saturated rings. The van der Waals surface area contributed by atoms with Crippen LogP contribution in [0.3, 0.4) is 0 Å². The summed E-state index contributed by atoms with van der Waals surface area (Å²) >= 11 is 0. The van der Waals surface area contributed by atoms with Gasteiger partial charge in [0.05, 0.1) is 16.9 Å². The Morgan fingerprint density at radius 3 is 2.23 bits per heavy atom. The summed E-state index contributed by atoms with van der Waals surface area (Å²) in [5.41, 5.74) is 1.61. The normalized spacial score (nSPS) is 12.1. The number of anilines is 1. The molecule has 0 spiro atoms. The van der Waals surface area contributed by atoms with Gasteiger partial charge in [0.1, 0.15) is 12.4 Å². The number of amides is 1. The molecule has 0 saturated carbocycles. The molecule has 0 bridgehead atoms. The minimum atomic E-state index is -0.333. The summed E-state index contributed by atoms with van der Waals surface area (Å²) in [5, 5.41) is 12.0. The van der Waals surface area contributed by atoms with E-state index in [2.05, 4.69) is 31.2 Å². The Morgan fingerprint density at radius 1 is 0.967 bits per heavy atom. The van der Waals surface area contributed by atoms with Gasteiger partial charge in [-0.25, -0.2) is 9.36 Å². The van der Waals surface area contributed by atoms with Gasteiger partial charge in [-0.3, -0.25) is 9.59 Å². The predicted octanol–water partition coefficient (Wildman–Crippen LogP) is 3.80. The molecule has 1 amide bonds. The highest BCUT2D eigenvalue weighted by atomic mass is 16.2. The molecule has 0 atom stereocenters. The number of aromatic nitrogens is 4. The molecule has 0 saturated heterocycles. The number of nitrogens with one attached hydrogen (secondary N) is 1. The summed E-state index contributed by atoms with van der Waals surface area (Å²) in [4.78, 5) is 25.0. The van der Waals surface area contributed by atoms with Crippen LogP contribution in [-0.2, 0) is 22.3 Å². The number of hydrogen-bond donors (Lipinski definition) is 1. The van der Waals surface area contributed by atoms with Crippen molar-refractivity contribution in [3.05, 3.63) is 64.6 Å². The number of benzene rings is 1. The second kappa shape index (κ2) is 7.89. The Bertz CT molecular complexity index is 1100. The smallest absolute Gasteiger partial charge is 0.267 e. The molecule has 2 heterocycles. The van der Waals surface area contributed by atoms with Gasteiger partial charge in [0, 0.05) is 23.1 Å². The average molecular weight is 408 g/mol. The van der Waals surface area contributed by atoms with Gasteiger partial charge in [-0.05, 0) is 26.8 Å². The second-order valence-electron chi connectivity index (χ2n) is 9.38. The van der Waals surface area contributed by atoms with Crippen molar-refractivity contribution in [1.29, 1.82) is 0 Å². The molecule has 3 rings (SSSR count). The van der Waals surface area contributed by atoms with Crippen LogP contribution in [0.5, 0.6) is 0 Å². The summed E-state index contributed by atoms with van der Waals surface area (Å²) in [5.74, 6) is 0.269. The van der Waals surface area contributed by atoms with Crippen LogP contribution in [0.15, 0.2) is 53.3 Å².